The lowest BCUT2D eigenvalue weighted by molar-refractivity contribution is -0.152. The Hall–Kier alpha value is -0.530. The summed E-state index contributed by atoms with van der Waals surface area (Å²) < 4.78 is 4.85. The normalized spacial score (nSPS) is 20.8. The first kappa shape index (κ1) is 13.5. The van der Waals surface area contributed by atoms with Crippen molar-refractivity contribution in [3.05, 3.63) is 0 Å². The van der Waals surface area contributed by atoms with Crippen molar-refractivity contribution in [2.75, 3.05) is 0 Å². The second-order valence-corrected chi connectivity index (χ2v) is 3.90. The molecule has 1 fully saturated rings. The van der Waals surface area contributed by atoms with Crippen molar-refractivity contribution >= 4 is 5.97 Å². The number of esters is 1. The summed E-state index contributed by atoms with van der Waals surface area (Å²) in [5.41, 5.74) is 0. The molecular weight excluding hydrogens is 176 g/mol. The van der Waals surface area contributed by atoms with Gasteiger partial charge in [-0.05, 0) is 19.8 Å². The van der Waals surface area contributed by atoms with Crippen molar-refractivity contribution in [2.24, 2.45) is 0 Å². The zero-order valence-corrected chi connectivity index (χ0v) is 9.84. The zero-order chi connectivity index (χ0) is 10.8. The van der Waals surface area contributed by atoms with E-state index in [1.54, 1.807) is 0 Å². The van der Waals surface area contributed by atoms with Crippen LogP contribution in [0.15, 0.2) is 0 Å². The summed E-state index contributed by atoms with van der Waals surface area (Å²) >= 11 is 0. The number of rotatable bonds is 3. The molecule has 1 atom stereocenters. The van der Waals surface area contributed by atoms with Crippen molar-refractivity contribution in [1.82, 2.24) is 0 Å². The fourth-order valence-corrected chi connectivity index (χ4v) is 1.38. The maximum atomic E-state index is 10.5. The van der Waals surface area contributed by atoms with Crippen LogP contribution in [0.3, 0.4) is 0 Å². The lowest BCUT2D eigenvalue weighted by Crippen LogP contribution is -2.19. The van der Waals surface area contributed by atoms with Crippen molar-refractivity contribution in [1.29, 1.82) is 0 Å². The molecule has 1 saturated heterocycles. The van der Waals surface area contributed by atoms with Gasteiger partial charge >= 0.3 is 5.97 Å². The molecule has 1 aliphatic heterocycles. The van der Waals surface area contributed by atoms with Crippen LogP contribution in [0, 0.1) is 0 Å². The van der Waals surface area contributed by atoms with E-state index in [0.717, 1.165) is 12.8 Å². The van der Waals surface area contributed by atoms with Crippen LogP contribution in [0.2, 0.25) is 0 Å². The third-order valence-corrected chi connectivity index (χ3v) is 2.28. The standard InChI is InChI=1S/C6H10O2.C6H14/c1-5-3-2-4-6(7)8-5;1-3-5-6-4-2/h5H,2-4H2,1H3;3-6H2,1-2H3. The van der Waals surface area contributed by atoms with Gasteiger partial charge in [-0.25, -0.2) is 0 Å². The predicted octanol–water partition coefficient (Wildman–Crippen LogP) is 3.69. The zero-order valence-electron chi connectivity index (χ0n) is 9.84. The van der Waals surface area contributed by atoms with Crippen LogP contribution in [0.5, 0.6) is 0 Å². The van der Waals surface area contributed by atoms with E-state index in [9.17, 15) is 4.79 Å². The van der Waals surface area contributed by atoms with Gasteiger partial charge in [-0.15, -0.1) is 0 Å². The van der Waals surface area contributed by atoms with Gasteiger partial charge in [-0.2, -0.15) is 0 Å². The Morgan fingerprint density at radius 2 is 1.86 bits per heavy atom. The minimum Gasteiger partial charge on any atom is -0.463 e. The second kappa shape index (κ2) is 9.04. The Morgan fingerprint density at radius 3 is 2.14 bits per heavy atom. The number of carbonyl (C=O) groups excluding carboxylic acids is 1. The summed E-state index contributed by atoms with van der Waals surface area (Å²) in [4.78, 5) is 10.5. The lowest BCUT2D eigenvalue weighted by Gasteiger charge is -2.17. The fourth-order valence-electron chi connectivity index (χ4n) is 1.38. The molecule has 2 heteroatoms. The Kier molecular flexibility index (Phi) is 8.70. The summed E-state index contributed by atoms with van der Waals surface area (Å²) in [7, 11) is 0. The van der Waals surface area contributed by atoms with Crippen LogP contribution in [0.4, 0.5) is 0 Å². The minimum absolute atomic E-state index is 0.0382. The Balaban J connectivity index is 0.000000255. The van der Waals surface area contributed by atoms with E-state index in [1.807, 2.05) is 6.92 Å². The molecule has 14 heavy (non-hydrogen) atoms. The first-order chi connectivity index (χ1) is 6.70. The molecule has 0 spiro atoms. The third-order valence-electron chi connectivity index (χ3n) is 2.28. The molecule has 0 aromatic carbocycles. The minimum atomic E-state index is -0.0382. The highest BCUT2D eigenvalue weighted by molar-refractivity contribution is 5.70. The molecule has 1 heterocycles. The average Bonchev–Trinajstić information content (AvgIpc) is 2.15. The van der Waals surface area contributed by atoms with Gasteiger partial charge in [0.25, 0.3) is 0 Å². The largest absolute Gasteiger partial charge is 0.463 e. The quantitative estimate of drug-likeness (QED) is 0.513. The smallest absolute Gasteiger partial charge is 0.306 e. The SMILES string of the molecule is CC1CCCC(=O)O1.CCCCCC. The van der Waals surface area contributed by atoms with Crippen LogP contribution >= 0.6 is 0 Å². The number of ether oxygens (including phenoxy) is 1. The Morgan fingerprint density at radius 1 is 1.29 bits per heavy atom. The molecule has 2 nitrogen and oxygen atoms in total. The molecular formula is C12H24O2. The fraction of sp³-hybridized carbons (Fsp3) is 0.917. The van der Waals surface area contributed by atoms with Gasteiger partial charge in [0, 0.05) is 6.42 Å². The summed E-state index contributed by atoms with van der Waals surface area (Å²) in [6, 6.07) is 0. The van der Waals surface area contributed by atoms with Gasteiger partial charge in [0.2, 0.25) is 0 Å². The van der Waals surface area contributed by atoms with E-state index < -0.39 is 0 Å². The van der Waals surface area contributed by atoms with Crippen molar-refractivity contribution < 1.29 is 9.53 Å². The number of carbonyl (C=O) groups is 1. The van der Waals surface area contributed by atoms with Crippen LogP contribution < -0.4 is 0 Å². The molecule has 0 amide bonds. The molecule has 0 aliphatic carbocycles. The molecule has 0 N–H and O–H groups in total. The summed E-state index contributed by atoms with van der Waals surface area (Å²) in [6.45, 7) is 6.39. The molecule has 0 aromatic heterocycles. The van der Waals surface area contributed by atoms with E-state index in [1.165, 1.54) is 25.7 Å². The Bertz CT molecular complexity index is 139. The van der Waals surface area contributed by atoms with Crippen LogP contribution in [-0.4, -0.2) is 12.1 Å². The van der Waals surface area contributed by atoms with E-state index in [2.05, 4.69) is 13.8 Å². The van der Waals surface area contributed by atoms with Crippen molar-refractivity contribution in [2.45, 2.75) is 71.8 Å². The van der Waals surface area contributed by atoms with Gasteiger partial charge in [-0.1, -0.05) is 39.5 Å². The molecule has 1 aliphatic rings. The highest BCUT2D eigenvalue weighted by Crippen LogP contribution is 2.12. The first-order valence-corrected chi connectivity index (χ1v) is 5.90. The number of cyclic esters (lactones) is 1. The van der Waals surface area contributed by atoms with Crippen molar-refractivity contribution in [3.63, 3.8) is 0 Å². The van der Waals surface area contributed by atoms with Gasteiger partial charge in [-0.3, -0.25) is 4.79 Å². The molecule has 1 rings (SSSR count). The molecule has 84 valence electrons. The average molecular weight is 200 g/mol. The molecule has 1 unspecified atom stereocenters. The number of hydrogen-bond acceptors (Lipinski definition) is 2. The summed E-state index contributed by atoms with van der Waals surface area (Å²) in [5.74, 6) is -0.0382. The highest BCUT2D eigenvalue weighted by atomic mass is 16.5. The van der Waals surface area contributed by atoms with Crippen LogP contribution in [0.1, 0.15) is 65.7 Å². The number of unbranched alkanes of at least 4 members (excludes halogenated alkanes) is 3. The highest BCUT2D eigenvalue weighted by Gasteiger charge is 2.14. The molecule has 0 aromatic rings. The lowest BCUT2D eigenvalue weighted by atomic mass is 10.1. The maximum Gasteiger partial charge on any atom is 0.306 e. The third kappa shape index (κ3) is 8.09. The summed E-state index contributed by atoms with van der Waals surface area (Å²) in [6.07, 6.45) is 8.35. The van der Waals surface area contributed by atoms with Crippen LogP contribution in [-0.2, 0) is 9.53 Å². The van der Waals surface area contributed by atoms with E-state index in [0.29, 0.717) is 6.42 Å². The van der Waals surface area contributed by atoms with Gasteiger partial charge in [0.15, 0.2) is 0 Å². The molecule has 0 saturated carbocycles. The van der Waals surface area contributed by atoms with E-state index in [4.69, 9.17) is 4.74 Å². The number of hydrogen-bond donors (Lipinski definition) is 0. The van der Waals surface area contributed by atoms with E-state index in [-0.39, 0.29) is 12.1 Å². The summed E-state index contributed by atoms with van der Waals surface area (Å²) in [5, 5.41) is 0. The van der Waals surface area contributed by atoms with Crippen LogP contribution in [0.25, 0.3) is 0 Å². The van der Waals surface area contributed by atoms with Gasteiger partial charge in [0.05, 0.1) is 6.10 Å². The topological polar surface area (TPSA) is 26.3 Å². The monoisotopic (exact) mass is 200 g/mol. The Labute approximate surface area is 88.0 Å². The van der Waals surface area contributed by atoms with Gasteiger partial charge in [0.1, 0.15) is 0 Å². The van der Waals surface area contributed by atoms with E-state index >= 15 is 0 Å². The maximum absolute atomic E-state index is 10.5. The second-order valence-electron chi connectivity index (χ2n) is 3.90. The first-order valence-electron chi connectivity index (χ1n) is 5.90. The van der Waals surface area contributed by atoms with Crippen molar-refractivity contribution in [3.8, 4) is 0 Å². The predicted molar refractivity (Wildman–Crippen MR) is 59.2 cm³/mol. The van der Waals surface area contributed by atoms with Gasteiger partial charge < -0.3 is 4.74 Å². The molecule has 0 radical (unpaired) electrons. The molecule has 0 bridgehead atoms.